The first-order valence-corrected chi connectivity index (χ1v) is 7.31. The smallest absolute Gasteiger partial charge is 0.232 e. The van der Waals surface area contributed by atoms with Crippen LogP contribution < -0.4 is 10.1 Å². The van der Waals surface area contributed by atoms with Crippen molar-refractivity contribution in [1.29, 1.82) is 0 Å². The Kier molecular flexibility index (Phi) is 3.74. The number of rotatable bonds is 2. The van der Waals surface area contributed by atoms with Crippen molar-refractivity contribution >= 4 is 27.5 Å². The fourth-order valence-corrected chi connectivity index (χ4v) is 2.81. The van der Waals surface area contributed by atoms with Crippen LogP contribution in [0.5, 0.6) is 5.75 Å². The maximum Gasteiger partial charge on any atom is 0.232 e. The minimum absolute atomic E-state index is 0.0128. The molecule has 2 aromatic rings. The predicted octanol–water partition coefficient (Wildman–Crippen LogP) is 3.95. The van der Waals surface area contributed by atoms with Gasteiger partial charge in [-0.1, -0.05) is 40.2 Å². The molecular formula is C16H14BrNO2. The zero-order chi connectivity index (χ0) is 13.9. The van der Waals surface area contributed by atoms with E-state index in [1.54, 1.807) is 0 Å². The summed E-state index contributed by atoms with van der Waals surface area (Å²) in [4.78, 5) is 12.5. The molecule has 0 bridgehead atoms. The zero-order valence-electron chi connectivity index (χ0n) is 10.8. The van der Waals surface area contributed by atoms with Crippen molar-refractivity contribution in [3.05, 3.63) is 58.6 Å². The van der Waals surface area contributed by atoms with Gasteiger partial charge in [0.2, 0.25) is 5.91 Å². The zero-order valence-corrected chi connectivity index (χ0v) is 12.4. The third-order valence-electron chi connectivity index (χ3n) is 3.37. The van der Waals surface area contributed by atoms with Crippen LogP contribution in [0.2, 0.25) is 0 Å². The molecule has 2 aromatic carbocycles. The highest BCUT2D eigenvalue weighted by atomic mass is 79.9. The van der Waals surface area contributed by atoms with Crippen LogP contribution in [-0.4, -0.2) is 12.5 Å². The Hall–Kier alpha value is -1.81. The maximum absolute atomic E-state index is 12.5. The summed E-state index contributed by atoms with van der Waals surface area (Å²) in [5, 5.41) is 2.97. The van der Waals surface area contributed by atoms with Gasteiger partial charge in [-0.05, 0) is 30.7 Å². The molecule has 1 heterocycles. The van der Waals surface area contributed by atoms with E-state index in [0.29, 0.717) is 13.0 Å². The number of halogens is 1. The summed E-state index contributed by atoms with van der Waals surface area (Å²) in [5.41, 5.74) is 1.76. The average Bonchev–Trinajstić information content (AvgIpc) is 2.46. The lowest BCUT2D eigenvalue weighted by atomic mass is 9.92. The van der Waals surface area contributed by atoms with Gasteiger partial charge in [-0.25, -0.2) is 0 Å². The van der Waals surface area contributed by atoms with Gasteiger partial charge in [-0.3, -0.25) is 4.79 Å². The molecule has 0 aliphatic carbocycles. The van der Waals surface area contributed by atoms with E-state index in [1.807, 2.05) is 48.5 Å². The van der Waals surface area contributed by atoms with Crippen LogP contribution in [0.3, 0.4) is 0 Å². The number of hydrogen-bond acceptors (Lipinski definition) is 2. The number of carbonyl (C=O) groups is 1. The second-order valence-electron chi connectivity index (χ2n) is 4.73. The first-order valence-electron chi connectivity index (χ1n) is 6.52. The Morgan fingerprint density at radius 2 is 2.05 bits per heavy atom. The van der Waals surface area contributed by atoms with Gasteiger partial charge in [0.1, 0.15) is 5.75 Å². The predicted molar refractivity (Wildman–Crippen MR) is 82.1 cm³/mol. The van der Waals surface area contributed by atoms with Crippen molar-refractivity contribution in [2.24, 2.45) is 0 Å². The highest BCUT2D eigenvalue weighted by molar-refractivity contribution is 9.10. The van der Waals surface area contributed by atoms with E-state index in [1.165, 1.54) is 0 Å². The largest absolute Gasteiger partial charge is 0.493 e. The Morgan fingerprint density at radius 3 is 2.90 bits per heavy atom. The minimum atomic E-state index is -0.154. The first-order chi connectivity index (χ1) is 9.74. The van der Waals surface area contributed by atoms with Crippen LogP contribution in [0.1, 0.15) is 17.9 Å². The van der Waals surface area contributed by atoms with Crippen molar-refractivity contribution in [3.8, 4) is 5.75 Å². The van der Waals surface area contributed by atoms with Crippen LogP contribution in [0.25, 0.3) is 0 Å². The second kappa shape index (κ2) is 5.67. The molecule has 0 fully saturated rings. The molecule has 1 amide bonds. The van der Waals surface area contributed by atoms with Gasteiger partial charge in [0, 0.05) is 15.7 Å². The molecule has 0 aromatic heterocycles. The maximum atomic E-state index is 12.5. The topological polar surface area (TPSA) is 38.3 Å². The van der Waals surface area contributed by atoms with Crippen molar-refractivity contribution in [3.63, 3.8) is 0 Å². The lowest BCUT2D eigenvalue weighted by Crippen LogP contribution is -2.26. The van der Waals surface area contributed by atoms with Crippen LogP contribution in [0.15, 0.2) is 53.0 Å². The third kappa shape index (κ3) is 2.70. The third-order valence-corrected chi connectivity index (χ3v) is 3.86. The summed E-state index contributed by atoms with van der Waals surface area (Å²) in [6.07, 6.45) is 0.705. The molecule has 3 nitrogen and oxygen atoms in total. The lowest BCUT2D eigenvalue weighted by Gasteiger charge is -2.25. The number of hydrogen-bond donors (Lipinski definition) is 1. The van der Waals surface area contributed by atoms with E-state index in [-0.39, 0.29) is 11.8 Å². The van der Waals surface area contributed by atoms with Crippen LogP contribution in [0.4, 0.5) is 5.69 Å². The van der Waals surface area contributed by atoms with E-state index in [9.17, 15) is 4.79 Å². The average molecular weight is 332 g/mol. The quantitative estimate of drug-likeness (QED) is 0.904. The van der Waals surface area contributed by atoms with E-state index >= 15 is 0 Å². The molecule has 1 atom stereocenters. The van der Waals surface area contributed by atoms with E-state index in [0.717, 1.165) is 21.5 Å². The standard InChI is InChI=1S/C16H14BrNO2/c17-11-4-3-5-12(10-11)18-16(19)14-8-9-20-15-7-2-1-6-13(14)15/h1-7,10,14H,8-9H2,(H,18,19). The van der Waals surface area contributed by atoms with Crippen molar-refractivity contribution in [2.75, 3.05) is 11.9 Å². The molecule has 4 heteroatoms. The van der Waals surface area contributed by atoms with Crippen molar-refractivity contribution < 1.29 is 9.53 Å². The summed E-state index contributed by atoms with van der Waals surface area (Å²) >= 11 is 3.40. The molecule has 102 valence electrons. The molecule has 1 aliphatic rings. The normalized spacial score (nSPS) is 16.9. The molecule has 1 unspecified atom stereocenters. The summed E-state index contributed by atoms with van der Waals surface area (Å²) in [6.45, 7) is 0.577. The first kappa shape index (κ1) is 13.2. The Labute approximate surface area is 126 Å². The Balaban J connectivity index is 1.82. The van der Waals surface area contributed by atoms with E-state index in [4.69, 9.17) is 4.74 Å². The van der Waals surface area contributed by atoms with Crippen LogP contribution in [-0.2, 0) is 4.79 Å². The van der Waals surface area contributed by atoms with E-state index < -0.39 is 0 Å². The number of carbonyl (C=O) groups excluding carboxylic acids is 1. The minimum Gasteiger partial charge on any atom is -0.493 e. The molecule has 20 heavy (non-hydrogen) atoms. The van der Waals surface area contributed by atoms with Gasteiger partial charge < -0.3 is 10.1 Å². The molecule has 0 radical (unpaired) electrons. The summed E-state index contributed by atoms with van der Waals surface area (Å²) in [5.74, 6) is 0.672. The van der Waals surface area contributed by atoms with Crippen LogP contribution >= 0.6 is 15.9 Å². The fourth-order valence-electron chi connectivity index (χ4n) is 2.41. The highest BCUT2D eigenvalue weighted by Gasteiger charge is 2.27. The number of ether oxygens (including phenoxy) is 1. The van der Waals surface area contributed by atoms with E-state index in [2.05, 4.69) is 21.2 Å². The molecule has 0 saturated heterocycles. The summed E-state index contributed by atoms with van der Waals surface area (Å²) in [7, 11) is 0. The van der Waals surface area contributed by atoms with Gasteiger partial charge in [0.05, 0.1) is 12.5 Å². The summed E-state index contributed by atoms with van der Waals surface area (Å²) in [6, 6.07) is 15.3. The van der Waals surface area contributed by atoms with Gasteiger partial charge >= 0.3 is 0 Å². The van der Waals surface area contributed by atoms with Crippen LogP contribution in [0, 0.1) is 0 Å². The second-order valence-corrected chi connectivity index (χ2v) is 5.64. The lowest BCUT2D eigenvalue weighted by molar-refractivity contribution is -0.118. The van der Waals surface area contributed by atoms with Gasteiger partial charge in [-0.15, -0.1) is 0 Å². The number of benzene rings is 2. The number of fused-ring (bicyclic) bond motifs is 1. The van der Waals surface area contributed by atoms with Gasteiger partial charge in [0.15, 0.2) is 0 Å². The van der Waals surface area contributed by atoms with Crippen molar-refractivity contribution in [1.82, 2.24) is 0 Å². The monoisotopic (exact) mass is 331 g/mol. The SMILES string of the molecule is O=C(Nc1cccc(Br)c1)C1CCOc2ccccc21. The highest BCUT2D eigenvalue weighted by Crippen LogP contribution is 2.34. The number of anilines is 1. The molecular weight excluding hydrogens is 318 g/mol. The molecule has 3 rings (SSSR count). The fraction of sp³-hybridized carbons (Fsp3) is 0.188. The van der Waals surface area contributed by atoms with Gasteiger partial charge in [-0.2, -0.15) is 0 Å². The number of nitrogens with one attached hydrogen (secondary N) is 1. The Bertz CT molecular complexity index is 642. The van der Waals surface area contributed by atoms with Gasteiger partial charge in [0.25, 0.3) is 0 Å². The molecule has 1 N–H and O–H groups in total. The Morgan fingerprint density at radius 1 is 1.20 bits per heavy atom. The molecule has 0 spiro atoms. The number of amides is 1. The van der Waals surface area contributed by atoms with Crippen molar-refractivity contribution in [2.45, 2.75) is 12.3 Å². The molecule has 1 aliphatic heterocycles. The number of para-hydroxylation sites is 1. The summed E-state index contributed by atoms with van der Waals surface area (Å²) < 4.78 is 6.53. The molecule has 0 saturated carbocycles.